The zero-order valence-corrected chi connectivity index (χ0v) is 15.5. The molecule has 26 heavy (non-hydrogen) atoms. The SMILES string of the molecule is NC(=O)C1([NH+]2CCCCC2)CCN(C(=S)Nc2cc(F)cc(F)c2)CC1. The van der Waals surface area contributed by atoms with Crippen LogP contribution in [0.1, 0.15) is 32.1 Å². The Balaban J connectivity index is 1.64. The third kappa shape index (κ3) is 3.96. The smallest absolute Gasteiger partial charge is 0.278 e. The summed E-state index contributed by atoms with van der Waals surface area (Å²) in [7, 11) is 0. The molecule has 0 bridgehead atoms. The number of nitrogens with two attached hydrogens (primary N) is 1. The Morgan fingerprint density at radius 2 is 1.69 bits per heavy atom. The van der Waals surface area contributed by atoms with Crippen molar-refractivity contribution in [1.82, 2.24) is 4.90 Å². The second kappa shape index (κ2) is 7.84. The van der Waals surface area contributed by atoms with Crippen LogP contribution in [0.15, 0.2) is 18.2 Å². The van der Waals surface area contributed by atoms with Gasteiger partial charge in [0.25, 0.3) is 5.91 Å². The molecule has 142 valence electrons. The lowest BCUT2D eigenvalue weighted by molar-refractivity contribution is -0.948. The molecular formula is C18H25F2N4OS+. The number of hydrogen-bond donors (Lipinski definition) is 3. The molecule has 0 aliphatic carbocycles. The number of quaternary nitrogens is 1. The molecule has 2 fully saturated rings. The highest BCUT2D eigenvalue weighted by Gasteiger charge is 2.49. The summed E-state index contributed by atoms with van der Waals surface area (Å²) < 4.78 is 26.7. The first-order chi connectivity index (χ1) is 12.4. The molecular weight excluding hydrogens is 358 g/mol. The summed E-state index contributed by atoms with van der Waals surface area (Å²) in [6.45, 7) is 3.15. The summed E-state index contributed by atoms with van der Waals surface area (Å²) in [6.07, 6.45) is 4.73. The average molecular weight is 383 g/mol. The van der Waals surface area contributed by atoms with Gasteiger partial charge in [-0.3, -0.25) is 4.79 Å². The van der Waals surface area contributed by atoms with Gasteiger partial charge >= 0.3 is 0 Å². The van der Waals surface area contributed by atoms with Crippen molar-refractivity contribution in [2.45, 2.75) is 37.6 Å². The van der Waals surface area contributed by atoms with Crippen molar-refractivity contribution in [3.05, 3.63) is 29.8 Å². The first-order valence-corrected chi connectivity index (χ1v) is 9.49. The summed E-state index contributed by atoms with van der Waals surface area (Å²) >= 11 is 5.39. The van der Waals surface area contributed by atoms with E-state index < -0.39 is 17.2 Å². The Morgan fingerprint density at radius 1 is 1.12 bits per heavy atom. The van der Waals surface area contributed by atoms with Gasteiger partial charge in [0.1, 0.15) is 11.6 Å². The number of halogens is 2. The Morgan fingerprint density at radius 3 is 2.23 bits per heavy atom. The molecule has 8 heteroatoms. The van der Waals surface area contributed by atoms with Crippen LogP contribution in [-0.2, 0) is 4.79 Å². The third-order valence-electron chi connectivity index (χ3n) is 5.62. The number of carbonyl (C=O) groups excluding carboxylic acids is 1. The molecule has 1 aromatic rings. The molecule has 2 aliphatic heterocycles. The van der Waals surface area contributed by atoms with Crippen LogP contribution in [0.2, 0.25) is 0 Å². The summed E-state index contributed by atoms with van der Waals surface area (Å²) in [6, 6.07) is 3.22. The minimum absolute atomic E-state index is 0.236. The molecule has 0 atom stereocenters. The highest BCUT2D eigenvalue weighted by Crippen LogP contribution is 2.22. The summed E-state index contributed by atoms with van der Waals surface area (Å²) in [4.78, 5) is 15.5. The largest absolute Gasteiger partial charge is 0.364 e. The number of anilines is 1. The topological polar surface area (TPSA) is 62.8 Å². The number of piperidine rings is 2. The maximum atomic E-state index is 13.3. The van der Waals surface area contributed by atoms with Crippen LogP contribution in [-0.4, -0.2) is 47.6 Å². The zero-order valence-electron chi connectivity index (χ0n) is 14.7. The van der Waals surface area contributed by atoms with Gasteiger partial charge in [0.15, 0.2) is 10.7 Å². The first kappa shape index (κ1) is 19.0. The van der Waals surface area contributed by atoms with Gasteiger partial charge in [-0.1, -0.05) is 0 Å². The van der Waals surface area contributed by atoms with Crippen molar-refractivity contribution in [3.8, 4) is 0 Å². The number of nitrogens with zero attached hydrogens (tertiary/aromatic N) is 1. The van der Waals surface area contributed by atoms with Crippen molar-refractivity contribution >= 4 is 28.9 Å². The molecule has 0 spiro atoms. The monoisotopic (exact) mass is 383 g/mol. The first-order valence-electron chi connectivity index (χ1n) is 9.08. The van der Waals surface area contributed by atoms with Crippen LogP contribution in [0.5, 0.6) is 0 Å². The zero-order chi connectivity index (χ0) is 18.7. The predicted octanol–water partition coefficient (Wildman–Crippen LogP) is 1.05. The van der Waals surface area contributed by atoms with Crippen molar-refractivity contribution in [2.24, 2.45) is 5.73 Å². The van der Waals surface area contributed by atoms with E-state index in [1.54, 1.807) is 0 Å². The molecule has 2 aliphatic rings. The van der Waals surface area contributed by atoms with Crippen molar-refractivity contribution in [3.63, 3.8) is 0 Å². The molecule has 0 radical (unpaired) electrons. The van der Waals surface area contributed by atoms with Gasteiger partial charge < -0.3 is 20.9 Å². The Hall–Kier alpha value is -1.80. The number of nitrogens with one attached hydrogen (secondary N) is 2. The number of primary amides is 1. The van der Waals surface area contributed by atoms with Crippen LogP contribution in [0.4, 0.5) is 14.5 Å². The lowest BCUT2D eigenvalue weighted by atomic mass is 9.83. The van der Waals surface area contributed by atoms with Gasteiger partial charge in [-0.25, -0.2) is 8.78 Å². The van der Waals surface area contributed by atoms with E-state index in [9.17, 15) is 13.6 Å². The van der Waals surface area contributed by atoms with Gasteiger partial charge in [0.05, 0.1) is 13.1 Å². The third-order valence-corrected chi connectivity index (χ3v) is 5.98. The van der Waals surface area contributed by atoms with Gasteiger partial charge in [-0.2, -0.15) is 0 Å². The van der Waals surface area contributed by atoms with E-state index in [0.29, 0.717) is 31.0 Å². The predicted molar refractivity (Wildman–Crippen MR) is 99.9 cm³/mol. The van der Waals surface area contributed by atoms with E-state index in [0.717, 1.165) is 32.0 Å². The van der Waals surface area contributed by atoms with Crippen LogP contribution in [0, 0.1) is 11.6 Å². The lowest BCUT2D eigenvalue weighted by Crippen LogP contribution is -3.22. The number of rotatable bonds is 3. The Bertz CT molecular complexity index is 666. The second-order valence-corrected chi connectivity index (χ2v) is 7.57. The van der Waals surface area contributed by atoms with Crippen LogP contribution < -0.4 is 16.0 Å². The molecule has 0 saturated carbocycles. The van der Waals surface area contributed by atoms with E-state index in [2.05, 4.69) is 5.32 Å². The van der Waals surface area contributed by atoms with E-state index >= 15 is 0 Å². The standard InChI is InChI=1S/C18H24F2N4OS/c19-13-10-14(20)12-15(11-13)22-17(26)23-8-4-18(5-9-23,16(21)25)24-6-2-1-3-7-24/h10-12H,1-9H2,(H2,21,25)(H,22,26)/p+1. The lowest BCUT2D eigenvalue weighted by Gasteiger charge is -2.45. The molecule has 4 N–H and O–H groups in total. The molecule has 2 heterocycles. The number of benzene rings is 1. The molecule has 1 amide bonds. The number of likely N-dealkylation sites (tertiary alicyclic amines) is 2. The van der Waals surface area contributed by atoms with Crippen LogP contribution in [0.25, 0.3) is 0 Å². The molecule has 3 rings (SSSR count). The summed E-state index contributed by atoms with van der Waals surface area (Å²) in [5.74, 6) is -1.55. The van der Waals surface area contributed by atoms with E-state index in [4.69, 9.17) is 18.0 Å². The normalized spacial score (nSPS) is 20.6. The maximum Gasteiger partial charge on any atom is 0.278 e. The van der Waals surface area contributed by atoms with Gasteiger partial charge in [0.2, 0.25) is 0 Å². The van der Waals surface area contributed by atoms with E-state index in [-0.39, 0.29) is 11.6 Å². The van der Waals surface area contributed by atoms with Crippen LogP contribution >= 0.6 is 12.2 Å². The van der Waals surface area contributed by atoms with Crippen LogP contribution in [0.3, 0.4) is 0 Å². The number of carbonyl (C=O) groups is 1. The highest BCUT2D eigenvalue weighted by atomic mass is 32.1. The minimum Gasteiger partial charge on any atom is -0.364 e. The average Bonchev–Trinajstić information content (AvgIpc) is 2.61. The summed E-state index contributed by atoms with van der Waals surface area (Å²) in [5.41, 5.74) is 5.55. The van der Waals surface area contributed by atoms with Gasteiger partial charge in [-0.15, -0.1) is 0 Å². The summed E-state index contributed by atoms with van der Waals surface area (Å²) in [5, 5.41) is 3.29. The fourth-order valence-corrected chi connectivity index (χ4v) is 4.45. The molecule has 5 nitrogen and oxygen atoms in total. The van der Waals surface area contributed by atoms with Crippen molar-refractivity contribution in [1.29, 1.82) is 0 Å². The second-order valence-electron chi connectivity index (χ2n) is 7.19. The Kier molecular flexibility index (Phi) is 5.72. The quantitative estimate of drug-likeness (QED) is 0.683. The number of amides is 1. The van der Waals surface area contributed by atoms with E-state index in [1.165, 1.54) is 23.5 Å². The molecule has 0 aromatic heterocycles. The fraction of sp³-hybridized carbons (Fsp3) is 0.556. The molecule has 2 saturated heterocycles. The number of thiocarbonyl (C=S) groups is 1. The maximum absolute atomic E-state index is 13.3. The minimum atomic E-state index is -0.657. The molecule has 1 aromatic carbocycles. The fourth-order valence-electron chi connectivity index (χ4n) is 4.15. The number of hydrogen-bond acceptors (Lipinski definition) is 2. The molecule has 0 unspecified atom stereocenters. The van der Waals surface area contributed by atoms with Gasteiger partial charge in [0, 0.05) is 37.7 Å². The highest BCUT2D eigenvalue weighted by molar-refractivity contribution is 7.80. The van der Waals surface area contributed by atoms with Crippen molar-refractivity contribution in [2.75, 3.05) is 31.5 Å². The Labute approximate surface area is 157 Å². The van der Waals surface area contributed by atoms with Gasteiger partial charge in [-0.05, 0) is 43.6 Å². The van der Waals surface area contributed by atoms with Crippen molar-refractivity contribution < 1.29 is 18.5 Å². The van der Waals surface area contributed by atoms with E-state index in [1.807, 2.05) is 4.90 Å².